The van der Waals surface area contributed by atoms with Crippen LogP contribution in [0.1, 0.15) is 85.7 Å². The minimum absolute atomic E-state index is 0.0747. The first kappa shape index (κ1) is 36.2. The number of nitriles is 1. The van der Waals surface area contributed by atoms with Gasteiger partial charge in [0.2, 0.25) is 0 Å². The van der Waals surface area contributed by atoms with Crippen molar-refractivity contribution in [3.8, 4) is 28.6 Å². The molecule has 58 heavy (non-hydrogen) atoms. The van der Waals surface area contributed by atoms with Crippen molar-refractivity contribution in [3.05, 3.63) is 118 Å². The van der Waals surface area contributed by atoms with Crippen molar-refractivity contribution >= 4 is 17.0 Å². The summed E-state index contributed by atoms with van der Waals surface area (Å²) in [5, 5.41) is 30.3. The smallest absolute Gasteiger partial charge is 0.272 e. The van der Waals surface area contributed by atoms with Gasteiger partial charge in [-0.05, 0) is 100 Å². The van der Waals surface area contributed by atoms with E-state index >= 15 is 0 Å². The molecule has 8 heterocycles. The van der Waals surface area contributed by atoms with Gasteiger partial charge in [-0.15, -0.1) is 0 Å². The molecule has 0 unspecified atom stereocenters. The van der Waals surface area contributed by atoms with Gasteiger partial charge in [-0.1, -0.05) is 6.07 Å². The second kappa shape index (κ2) is 14.7. The molecule has 3 aliphatic heterocycles. The number of benzene rings is 1. The van der Waals surface area contributed by atoms with E-state index in [4.69, 9.17) is 19.8 Å². The second-order valence-corrected chi connectivity index (χ2v) is 16.1. The van der Waals surface area contributed by atoms with Crippen LogP contribution in [0.15, 0.2) is 79.6 Å². The monoisotopic (exact) mass is 779 g/mol. The predicted octanol–water partition coefficient (Wildman–Crippen LogP) is 7.36. The van der Waals surface area contributed by atoms with Crippen LogP contribution in [0.25, 0.3) is 28.0 Å². The maximum absolute atomic E-state index is 14.7. The van der Waals surface area contributed by atoms with Crippen molar-refractivity contribution in [2.24, 2.45) is 0 Å². The number of pyridine rings is 2. The van der Waals surface area contributed by atoms with Gasteiger partial charge in [0.05, 0.1) is 59.3 Å². The van der Waals surface area contributed by atoms with Crippen molar-refractivity contribution in [1.29, 1.82) is 5.26 Å². The van der Waals surface area contributed by atoms with Crippen LogP contribution >= 0.6 is 0 Å². The molecular weight excluding hydrogens is 738 g/mol. The van der Waals surface area contributed by atoms with Gasteiger partial charge >= 0.3 is 0 Å². The minimum atomic E-state index is -0.554. The zero-order valence-electron chi connectivity index (χ0n) is 32.0. The number of anilines is 1. The number of nitro groups is 1. The van der Waals surface area contributed by atoms with Crippen molar-refractivity contribution in [3.63, 3.8) is 0 Å². The lowest BCUT2D eigenvalue weighted by Crippen LogP contribution is -2.43. The lowest BCUT2D eigenvalue weighted by molar-refractivity contribution is -0.385. The minimum Gasteiger partial charge on any atom is -0.364 e. The van der Waals surface area contributed by atoms with E-state index < -0.39 is 10.7 Å². The highest BCUT2D eigenvalue weighted by Crippen LogP contribution is 2.44. The average molecular weight is 780 g/mol. The van der Waals surface area contributed by atoms with Gasteiger partial charge in [0.15, 0.2) is 0 Å². The van der Waals surface area contributed by atoms with Gasteiger partial charge in [-0.25, -0.2) is 18.9 Å². The zero-order valence-corrected chi connectivity index (χ0v) is 32.0. The third kappa shape index (κ3) is 6.46. The highest BCUT2D eigenvalue weighted by Gasteiger charge is 2.44. The van der Waals surface area contributed by atoms with E-state index in [-0.39, 0.29) is 23.2 Å². The van der Waals surface area contributed by atoms with Gasteiger partial charge in [0.25, 0.3) is 5.69 Å². The van der Waals surface area contributed by atoms with Gasteiger partial charge in [0, 0.05) is 60.5 Å². The Bertz CT molecular complexity index is 2540. The number of fused-ring (bicyclic) bond motifs is 3. The molecule has 15 heteroatoms. The van der Waals surface area contributed by atoms with Crippen LogP contribution in [-0.2, 0) is 16.9 Å². The summed E-state index contributed by atoms with van der Waals surface area (Å²) in [7, 11) is 0. The number of nitrogens with zero attached hydrogens (tertiary/aromatic N) is 11. The average Bonchev–Trinajstić information content (AvgIpc) is 4.02. The zero-order chi connectivity index (χ0) is 39.4. The summed E-state index contributed by atoms with van der Waals surface area (Å²) in [4.78, 5) is 30.0. The lowest BCUT2D eigenvalue weighted by atomic mass is 9.85. The van der Waals surface area contributed by atoms with E-state index in [1.807, 2.05) is 43.0 Å². The van der Waals surface area contributed by atoms with Gasteiger partial charge < -0.3 is 14.5 Å². The van der Waals surface area contributed by atoms with Crippen LogP contribution in [0.5, 0.6) is 0 Å². The molecule has 2 saturated heterocycles. The molecule has 6 aromatic rings. The molecule has 0 atom stereocenters. The third-order valence-electron chi connectivity index (χ3n) is 13.0. The number of likely N-dealkylation sites (tertiary alicyclic amines) is 1. The molecule has 14 nitrogen and oxygen atoms in total. The molecule has 1 saturated carbocycles. The Kier molecular flexibility index (Phi) is 9.17. The summed E-state index contributed by atoms with van der Waals surface area (Å²) < 4.78 is 24.8. The Morgan fingerprint density at radius 1 is 0.897 bits per heavy atom. The Morgan fingerprint density at radius 3 is 2.45 bits per heavy atom. The maximum Gasteiger partial charge on any atom is 0.272 e. The molecule has 0 radical (unpaired) electrons. The normalized spacial score (nSPS) is 21.0. The number of hydrogen-bond acceptors (Lipinski definition) is 11. The van der Waals surface area contributed by atoms with Gasteiger partial charge in [-0.2, -0.15) is 15.5 Å². The topological polar surface area (TPSA) is 156 Å². The summed E-state index contributed by atoms with van der Waals surface area (Å²) in [6.45, 7) is 4.00. The lowest BCUT2D eigenvalue weighted by Gasteiger charge is -2.41. The van der Waals surface area contributed by atoms with Crippen LogP contribution in [0.3, 0.4) is 0 Å². The fourth-order valence-electron chi connectivity index (χ4n) is 9.77. The largest absolute Gasteiger partial charge is 0.364 e. The quantitative estimate of drug-likeness (QED) is 0.118. The highest BCUT2D eigenvalue weighted by atomic mass is 19.1. The first-order valence-electron chi connectivity index (χ1n) is 20.2. The van der Waals surface area contributed by atoms with E-state index in [0.717, 1.165) is 106 Å². The highest BCUT2D eigenvalue weighted by molar-refractivity contribution is 5.83. The third-order valence-corrected chi connectivity index (χ3v) is 13.0. The fraction of sp³-hybridized carbons (Fsp3) is 0.395. The van der Waals surface area contributed by atoms with Crippen molar-refractivity contribution in [1.82, 2.24) is 39.2 Å². The molecule has 1 aromatic carbocycles. The summed E-state index contributed by atoms with van der Waals surface area (Å²) in [5.74, 6) is 0.482. The van der Waals surface area contributed by atoms with Crippen LogP contribution in [0.2, 0.25) is 0 Å². The first-order valence-corrected chi connectivity index (χ1v) is 20.2. The molecule has 294 valence electrons. The molecule has 0 amide bonds. The van der Waals surface area contributed by atoms with Crippen LogP contribution in [-0.4, -0.2) is 76.4 Å². The number of aromatic nitrogens is 7. The molecular formula is C43H42FN11O3. The summed E-state index contributed by atoms with van der Waals surface area (Å²) >= 11 is 0. The number of hydrogen-bond donors (Lipinski definition) is 0. The second-order valence-electron chi connectivity index (χ2n) is 16.1. The van der Waals surface area contributed by atoms with E-state index in [2.05, 4.69) is 42.9 Å². The molecule has 3 fully saturated rings. The molecule has 0 N–H and O–H groups in total. The van der Waals surface area contributed by atoms with E-state index in [9.17, 15) is 19.8 Å². The molecule has 1 aliphatic carbocycles. The Balaban J connectivity index is 0.804. The maximum atomic E-state index is 14.7. The summed E-state index contributed by atoms with van der Waals surface area (Å²) in [6, 6.07) is 15.2. The standard InChI is InChI=1S/C43H42FN11O3/c44-37-20-35(55(56)57)8-9-36(37)28-11-16-51(17-12-28)33-4-6-34(7-5-33)53-25-32(24-48-53)38-26-54-41(31(21-45)23-49-54)40(50-38)29-3-10-39(47-22-29)52-18-13-43(14-19-52)42-30(27-58-43)2-1-15-46-42/h1-3,8-10,15,20,22-26,28,33-34H,4-7,11-14,16-19,27H2/t33-,34-. The van der Waals surface area contributed by atoms with E-state index in [1.54, 1.807) is 16.8 Å². The molecule has 1 spiro atoms. The SMILES string of the molecule is N#Cc1cnn2cc(-c3cnn([C@H]4CC[C@H](N5CCC(c6ccc([N+](=O)[O-])cc6F)CC5)CC4)c3)nc(-c3ccc(N4CCC5(CC4)OCc4cccnc45)nc3)c12. The van der Waals surface area contributed by atoms with Gasteiger partial charge in [-0.3, -0.25) is 19.8 Å². The van der Waals surface area contributed by atoms with Crippen molar-refractivity contribution < 1.29 is 14.1 Å². The number of piperidine rings is 2. The molecule has 4 aliphatic rings. The molecule has 0 bridgehead atoms. The summed E-state index contributed by atoms with van der Waals surface area (Å²) in [6.07, 6.45) is 18.5. The number of rotatable bonds is 7. The first-order chi connectivity index (χ1) is 28.4. The number of non-ortho nitro benzene ring substituents is 1. The van der Waals surface area contributed by atoms with Crippen LogP contribution in [0, 0.1) is 27.3 Å². The van der Waals surface area contributed by atoms with Crippen LogP contribution in [0.4, 0.5) is 15.9 Å². The Hall–Kier alpha value is -6.11. The predicted molar refractivity (Wildman–Crippen MR) is 212 cm³/mol. The number of halogens is 1. The van der Waals surface area contributed by atoms with Crippen molar-refractivity contribution in [2.45, 2.75) is 81.6 Å². The summed E-state index contributed by atoms with van der Waals surface area (Å²) in [5.41, 5.74) is 6.40. The van der Waals surface area contributed by atoms with E-state index in [0.29, 0.717) is 40.7 Å². The number of ether oxygens (including phenoxy) is 1. The molecule has 10 rings (SSSR count). The fourth-order valence-corrected chi connectivity index (χ4v) is 9.77. The number of nitro benzene ring substituents is 1. The van der Waals surface area contributed by atoms with Crippen LogP contribution < -0.4 is 4.90 Å². The van der Waals surface area contributed by atoms with E-state index in [1.165, 1.54) is 11.6 Å². The van der Waals surface area contributed by atoms with Gasteiger partial charge in [0.1, 0.15) is 34.4 Å². The Labute approximate surface area is 334 Å². The van der Waals surface area contributed by atoms with Crippen molar-refractivity contribution in [2.75, 3.05) is 31.1 Å². The molecule has 5 aromatic heterocycles. The Morgan fingerprint density at radius 2 is 1.71 bits per heavy atom.